The highest BCUT2D eigenvalue weighted by Crippen LogP contribution is 2.13. The van der Waals surface area contributed by atoms with E-state index in [4.69, 9.17) is 0 Å². The molecule has 0 fully saturated rings. The SMILES string of the molecule is CN(C(=O)Nc1cccnc1)c1ccccc1. The number of hydrogen-bond donors (Lipinski definition) is 1. The fraction of sp³-hybridized carbons (Fsp3) is 0.0769. The molecule has 1 N–H and O–H groups in total. The number of urea groups is 1. The van der Waals surface area contributed by atoms with Crippen LogP contribution in [0, 0.1) is 0 Å². The summed E-state index contributed by atoms with van der Waals surface area (Å²) in [7, 11) is 1.72. The molecule has 1 aromatic heterocycles. The summed E-state index contributed by atoms with van der Waals surface area (Å²) in [6.07, 6.45) is 3.27. The molecule has 2 rings (SSSR count). The molecule has 1 heterocycles. The zero-order valence-electron chi connectivity index (χ0n) is 9.50. The number of aromatic nitrogens is 1. The van der Waals surface area contributed by atoms with Gasteiger partial charge in [-0.2, -0.15) is 0 Å². The number of para-hydroxylation sites is 1. The average Bonchev–Trinajstić information content (AvgIpc) is 2.40. The Hall–Kier alpha value is -2.36. The fourth-order valence-corrected chi connectivity index (χ4v) is 1.41. The average molecular weight is 227 g/mol. The molecule has 0 aliphatic heterocycles. The third kappa shape index (κ3) is 2.81. The summed E-state index contributed by atoms with van der Waals surface area (Å²) in [5.74, 6) is 0. The summed E-state index contributed by atoms with van der Waals surface area (Å²) in [4.78, 5) is 17.4. The normalized spacial score (nSPS) is 9.71. The molecule has 0 unspecified atom stereocenters. The van der Waals surface area contributed by atoms with Crippen LogP contribution in [0.15, 0.2) is 54.9 Å². The highest BCUT2D eigenvalue weighted by Gasteiger charge is 2.09. The number of anilines is 2. The number of benzene rings is 1. The molecule has 0 aliphatic carbocycles. The topological polar surface area (TPSA) is 45.2 Å². The molecule has 0 bridgehead atoms. The van der Waals surface area contributed by atoms with E-state index in [1.807, 2.05) is 30.3 Å². The number of hydrogen-bond acceptors (Lipinski definition) is 2. The minimum absolute atomic E-state index is 0.191. The van der Waals surface area contributed by atoms with Crippen molar-refractivity contribution < 1.29 is 4.79 Å². The lowest BCUT2D eigenvalue weighted by Crippen LogP contribution is -2.31. The Kier molecular flexibility index (Phi) is 3.35. The maximum Gasteiger partial charge on any atom is 0.326 e. The lowest BCUT2D eigenvalue weighted by molar-refractivity contribution is 0.258. The number of pyridine rings is 1. The smallest absolute Gasteiger partial charge is 0.306 e. The van der Waals surface area contributed by atoms with Gasteiger partial charge in [-0.05, 0) is 24.3 Å². The van der Waals surface area contributed by atoms with Gasteiger partial charge in [0.15, 0.2) is 0 Å². The van der Waals surface area contributed by atoms with Gasteiger partial charge in [0.05, 0.1) is 11.9 Å². The van der Waals surface area contributed by atoms with E-state index in [2.05, 4.69) is 10.3 Å². The van der Waals surface area contributed by atoms with Crippen LogP contribution in [0.1, 0.15) is 0 Å². The predicted molar refractivity (Wildman–Crippen MR) is 68.1 cm³/mol. The van der Waals surface area contributed by atoms with E-state index in [1.54, 1.807) is 36.5 Å². The van der Waals surface area contributed by atoms with E-state index in [1.165, 1.54) is 0 Å². The molecule has 0 saturated heterocycles. The largest absolute Gasteiger partial charge is 0.326 e. The number of amides is 2. The molecular formula is C13H13N3O. The molecule has 4 nitrogen and oxygen atoms in total. The third-order valence-electron chi connectivity index (χ3n) is 2.36. The van der Waals surface area contributed by atoms with Gasteiger partial charge in [0, 0.05) is 18.9 Å². The Morgan fingerprint density at radius 2 is 1.94 bits per heavy atom. The highest BCUT2D eigenvalue weighted by atomic mass is 16.2. The summed E-state index contributed by atoms with van der Waals surface area (Å²) in [5, 5.41) is 2.76. The summed E-state index contributed by atoms with van der Waals surface area (Å²) in [5.41, 5.74) is 1.52. The molecule has 0 atom stereocenters. The maximum absolute atomic E-state index is 11.9. The second-order valence-corrected chi connectivity index (χ2v) is 3.57. The van der Waals surface area contributed by atoms with Gasteiger partial charge in [0.25, 0.3) is 0 Å². The molecule has 0 saturated carbocycles. The van der Waals surface area contributed by atoms with Gasteiger partial charge < -0.3 is 5.32 Å². The van der Waals surface area contributed by atoms with Crippen molar-refractivity contribution in [3.8, 4) is 0 Å². The molecule has 86 valence electrons. The standard InChI is InChI=1S/C13H13N3O/c1-16(12-7-3-2-4-8-12)13(17)15-11-6-5-9-14-10-11/h2-10H,1H3,(H,15,17). The minimum atomic E-state index is -0.191. The fourth-order valence-electron chi connectivity index (χ4n) is 1.41. The Bertz CT molecular complexity index is 485. The molecule has 0 aliphatic rings. The molecule has 2 aromatic rings. The molecule has 17 heavy (non-hydrogen) atoms. The Morgan fingerprint density at radius 1 is 1.18 bits per heavy atom. The number of carbonyl (C=O) groups excluding carboxylic acids is 1. The van der Waals surface area contributed by atoms with Gasteiger partial charge in [-0.3, -0.25) is 9.88 Å². The van der Waals surface area contributed by atoms with E-state index < -0.39 is 0 Å². The van der Waals surface area contributed by atoms with Gasteiger partial charge in [-0.25, -0.2) is 4.79 Å². The first-order valence-corrected chi connectivity index (χ1v) is 5.27. The molecule has 1 aromatic carbocycles. The van der Waals surface area contributed by atoms with Crippen molar-refractivity contribution in [1.29, 1.82) is 0 Å². The van der Waals surface area contributed by atoms with Gasteiger partial charge in [-0.1, -0.05) is 18.2 Å². The first-order chi connectivity index (χ1) is 8.27. The molecule has 4 heteroatoms. The Labute approximate surface area is 99.9 Å². The number of rotatable bonds is 2. The third-order valence-corrected chi connectivity index (χ3v) is 2.36. The van der Waals surface area contributed by atoms with Crippen molar-refractivity contribution in [2.45, 2.75) is 0 Å². The van der Waals surface area contributed by atoms with Crippen molar-refractivity contribution >= 4 is 17.4 Å². The monoisotopic (exact) mass is 227 g/mol. The van der Waals surface area contributed by atoms with E-state index in [9.17, 15) is 4.79 Å². The van der Waals surface area contributed by atoms with Crippen LogP contribution in [-0.4, -0.2) is 18.1 Å². The van der Waals surface area contributed by atoms with Gasteiger partial charge in [-0.15, -0.1) is 0 Å². The van der Waals surface area contributed by atoms with E-state index in [0.717, 1.165) is 5.69 Å². The Balaban J connectivity index is 2.06. The van der Waals surface area contributed by atoms with Crippen molar-refractivity contribution in [2.24, 2.45) is 0 Å². The van der Waals surface area contributed by atoms with Crippen LogP contribution in [0.25, 0.3) is 0 Å². The lowest BCUT2D eigenvalue weighted by Gasteiger charge is -2.17. The lowest BCUT2D eigenvalue weighted by atomic mass is 10.3. The molecule has 0 spiro atoms. The number of nitrogens with zero attached hydrogens (tertiary/aromatic N) is 2. The second kappa shape index (κ2) is 5.12. The quantitative estimate of drug-likeness (QED) is 0.857. The van der Waals surface area contributed by atoms with Crippen LogP contribution in [0.5, 0.6) is 0 Å². The molecular weight excluding hydrogens is 214 g/mol. The van der Waals surface area contributed by atoms with Crippen LogP contribution in [0.2, 0.25) is 0 Å². The van der Waals surface area contributed by atoms with Crippen molar-refractivity contribution in [2.75, 3.05) is 17.3 Å². The zero-order valence-corrected chi connectivity index (χ0v) is 9.50. The van der Waals surface area contributed by atoms with Gasteiger partial charge in [0.1, 0.15) is 0 Å². The van der Waals surface area contributed by atoms with Crippen molar-refractivity contribution in [3.63, 3.8) is 0 Å². The van der Waals surface area contributed by atoms with Crippen LogP contribution in [0.4, 0.5) is 16.2 Å². The zero-order chi connectivity index (χ0) is 12.1. The summed E-state index contributed by atoms with van der Waals surface area (Å²) in [6, 6.07) is 12.8. The van der Waals surface area contributed by atoms with E-state index >= 15 is 0 Å². The minimum Gasteiger partial charge on any atom is -0.306 e. The van der Waals surface area contributed by atoms with E-state index in [0.29, 0.717) is 5.69 Å². The molecule has 2 amide bonds. The predicted octanol–water partition coefficient (Wildman–Crippen LogP) is 2.75. The van der Waals surface area contributed by atoms with E-state index in [-0.39, 0.29) is 6.03 Å². The first kappa shape index (κ1) is 11.1. The van der Waals surface area contributed by atoms with Crippen molar-refractivity contribution in [3.05, 3.63) is 54.9 Å². The Morgan fingerprint density at radius 3 is 2.59 bits per heavy atom. The summed E-state index contributed by atoms with van der Waals surface area (Å²) < 4.78 is 0. The number of carbonyl (C=O) groups is 1. The molecule has 0 radical (unpaired) electrons. The van der Waals surface area contributed by atoms with Crippen LogP contribution in [0.3, 0.4) is 0 Å². The van der Waals surface area contributed by atoms with Crippen LogP contribution >= 0.6 is 0 Å². The summed E-state index contributed by atoms with van der Waals surface area (Å²) in [6.45, 7) is 0. The van der Waals surface area contributed by atoms with Gasteiger partial charge in [0.2, 0.25) is 0 Å². The van der Waals surface area contributed by atoms with Crippen LogP contribution < -0.4 is 10.2 Å². The van der Waals surface area contributed by atoms with Gasteiger partial charge >= 0.3 is 6.03 Å². The van der Waals surface area contributed by atoms with Crippen molar-refractivity contribution in [1.82, 2.24) is 4.98 Å². The summed E-state index contributed by atoms with van der Waals surface area (Å²) >= 11 is 0. The number of nitrogens with one attached hydrogen (secondary N) is 1. The highest BCUT2D eigenvalue weighted by molar-refractivity contribution is 6.01. The van der Waals surface area contributed by atoms with Crippen LogP contribution in [-0.2, 0) is 0 Å². The second-order valence-electron chi connectivity index (χ2n) is 3.57. The first-order valence-electron chi connectivity index (χ1n) is 5.27. The maximum atomic E-state index is 11.9.